The number of anilines is 1. The molecule has 2 heterocycles. The van der Waals surface area contributed by atoms with Gasteiger partial charge in [-0.15, -0.1) is 0 Å². The van der Waals surface area contributed by atoms with Crippen LogP contribution in [0.5, 0.6) is 0 Å². The van der Waals surface area contributed by atoms with Crippen LogP contribution in [0.25, 0.3) is 11.4 Å². The van der Waals surface area contributed by atoms with Crippen LogP contribution in [0.3, 0.4) is 0 Å². The molecule has 138 valence electrons. The Morgan fingerprint density at radius 3 is 2.74 bits per heavy atom. The summed E-state index contributed by atoms with van der Waals surface area (Å²) in [5, 5.41) is 3.84. The van der Waals surface area contributed by atoms with Gasteiger partial charge in [0.1, 0.15) is 11.6 Å². The predicted octanol–water partition coefficient (Wildman–Crippen LogP) is 4.50. The quantitative estimate of drug-likeness (QED) is 0.662. The Hall–Kier alpha value is -2.80. The second kappa shape index (κ2) is 6.74. The third kappa shape index (κ3) is 3.30. The summed E-state index contributed by atoms with van der Waals surface area (Å²) in [6.45, 7) is 2.07. The van der Waals surface area contributed by atoms with Gasteiger partial charge in [-0.2, -0.15) is 4.98 Å². The standard InChI is InChI=1S/C19H14ClF2N3O2/c1-10-2-4-15(22)16(6-10)25-9-12(8-17(25)26)19-23-18(24-27-19)11-3-5-14(21)13(20)7-11/h2-7,12H,8-9H2,1H3. The summed E-state index contributed by atoms with van der Waals surface area (Å²) in [5.41, 5.74) is 1.60. The zero-order valence-electron chi connectivity index (χ0n) is 14.2. The molecule has 1 aromatic heterocycles. The molecular weight excluding hydrogens is 376 g/mol. The number of amides is 1. The zero-order valence-corrected chi connectivity index (χ0v) is 15.0. The predicted molar refractivity (Wildman–Crippen MR) is 95.6 cm³/mol. The first-order valence-electron chi connectivity index (χ1n) is 8.28. The van der Waals surface area contributed by atoms with Crippen molar-refractivity contribution in [2.75, 3.05) is 11.4 Å². The molecule has 3 aromatic rings. The number of nitrogens with zero attached hydrogens (tertiary/aromatic N) is 3. The second-order valence-electron chi connectivity index (χ2n) is 6.45. The second-order valence-corrected chi connectivity index (χ2v) is 6.85. The molecule has 27 heavy (non-hydrogen) atoms. The summed E-state index contributed by atoms with van der Waals surface area (Å²) in [6, 6.07) is 8.73. The normalized spacial score (nSPS) is 17.0. The summed E-state index contributed by atoms with van der Waals surface area (Å²) < 4.78 is 32.7. The van der Waals surface area contributed by atoms with Gasteiger partial charge in [0.2, 0.25) is 17.6 Å². The fourth-order valence-electron chi connectivity index (χ4n) is 3.09. The van der Waals surface area contributed by atoms with E-state index in [4.69, 9.17) is 16.1 Å². The lowest BCUT2D eigenvalue weighted by atomic mass is 10.1. The summed E-state index contributed by atoms with van der Waals surface area (Å²) in [6.07, 6.45) is 0.138. The largest absolute Gasteiger partial charge is 0.339 e. The average molecular weight is 390 g/mol. The van der Waals surface area contributed by atoms with Crippen molar-refractivity contribution in [2.45, 2.75) is 19.3 Å². The van der Waals surface area contributed by atoms with E-state index in [1.807, 2.05) is 6.92 Å². The van der Waals surface area contributed by atoms with E-state index >= 15 is 0 Å². The van der Waals surface area contributed by atoms with Crippen LogP contribution in [-0.4, -0.2) is 22.6 Å². The van der Waals surface area contributed by atoms with E-state index in [0.717, 1.165) is 5.56 Å². The molecule has 1 atom stereocenters. The monoisotopic (exact) mass is 389 g/mol. The van der Waals surface area contributed by atoms with Crippen LogP contribution in [0.15, 0.2) is 40.9 Å². The van der Waals surface area contributed by atoms with E-state index in [9.17, 15) is 13.6 Å². The minimum atomic E-state index is -0.540. The highest BCUT2D eigenvalue weighted by Gasteiger charge is 2.36. The molecule has 5 nitrogen and oxygen atoms in total. The molecule has 0 bridgehead atoms. The van der Waals surface area contributed by atoms with Gasteiger partial charge < -0.3 is 9.42 Å². The average Bonchev–Trinajstić information content (AvgIpc) is 3.26. The first kappa shape index (κ1) is 17.6. The molecular formula is C19H14ClF2N3O2. The van der Waals surface area contributed by atoms with Gasteiger partial charge in [0, 0.05) is 18.5 Å². The summed E-state index contributed by atoms with van der Waals surface area (Å²) in [7, 11) is 0. The van der Waals surface area contributed by atoms with Crippen molar-refractivity contribution in [3.63, 3.8) is 0 Å². The van der Waals surface area contributed by atoms with Gasteiger partial charge in [-0.3, -0.25) is 4.79 Å². The lowest BCUT2D eigenvalue weighted by Crippen LogP contribution is -2.25. The molecule has 0 spiro atoms. The molecule has 0 N–H and O–H groups in total. The van der Waals surface area contributed by atoms with Crippen LogP contribution < -0.4 is 4.90 Å². The van der Waals surface area contributed by atoms with Crippen LogP contribution in [0, 0.1) is 18.6 Å². The van der Waals surface area contributed by atoms with E-state index in [2.05, 4.69) is 10.1 Å². The molecule has 0 saturated carbocycles. The van der Waals surface area contributed by atoms with E-state index < -0.39 is 11.6 Å². The van der Waals surface area contributed by atoms with Gasteiger partial charge in [0.05, 0.1) is 16.6 Å². The lowest BCUT2D eigenvalue weighted by Gasteiger charge is -2.17. The first-order valence-corrected chi connectivity index (χ1v) is 8.65. The van der Waals surface area contributed by atoms with E-state index in [1.165, 1.54) is 29.2 Å². The van der Waals surface area contributed by atoms with Gasteiger partial charge in [0.25, 0.3) is 0 Å². The number of halogens is 3. The molecule has 1 saturated heterocycles. The third-order valence-corrected chi connectivity index (χ3v) is 4.78. The highest BCUT2D eigenvalue weighted by Crippen LogP contribution is 2.34. The fraction of sp³-hybridized carbons (Fsp3) is 0.211. The van der Waals surface area contributed by atoms with E-state index in [-0.39, 0.29) is 47.2 Å². The number of hydrogen-bond acceptors (Lipinski definition) is 4. The Labute approximate surface area is 158 Å². The van der Waals surface area contributed by atoms with Gasteiger partial charge in [-0.25, -0.2) is 8.78 Å². The van der Waals surface area contributed by atoms with Crippen molar-refractivity contribution in [3.8, 4) is 11.4 Å². The van der Waals surface area contributed by atoms with Crippen LogP contribution in [-0.2, 0) is 4.79 Å². The van der Waals surface area contributed by atoms with Crippen molar-refractivity contribution in [1.29, 1.82) is 0 Å². The molecule has 8 heteroatoms. The molecule has 1 unspecified atom stereocenters. The van der Waals surface area contributed by atoms with Gasteiger partial charge in [-0.1, -0.05) is 22.8 Å². The highest BCUT2D eigenvalue weighted by molar-refractivity contribution is 6.31. The van der Waals surface area contributed by atoms with Crippen LogP contribution in [0.2, 0.25) is 5.02 Å². The van der Waals surface area contributed by atoms with Crippen LogP contribution in [0.1, 0.15) is 23.8 Å². The van der Waals surface area contributed by atoms with Crippen molar-refractivity contribution in [1.82, 2.24) is 10.1 Å². The maximum atomic E-state index is 14.1. The molecule has 1 amide bonds. The zero-order chi connectivity index (χ0) is 19.1. The minimum Gasteiger partial charge on any atom is -0.339 e. The minimum absolute atomic E-state index is 0.0454. The topological polar surface area (TPSA) is 59.2 Å². The summed E-state index contributed by atoms with van der Waals surface area (Å²) in [4.78, 5) is 18.1. The third-order valence-electron chi connectivity index (χ3n) is 4.49. The first-order chi connectivity index (χ1) is 12.9. The maximum Gasteiger partial charge on any atom is 0.232 e. The van der Waals surface area contributed by atoms with Gasteiger partial charge >= 0.3 is 0 Å². The fourth-order valence-corrected chi connectivity index (χ4v) is 3.27. The molecule has 1 aliphatic heterocycles. The Morgan fingerprint density at radius 1 is 1.19 bits per heavy atom. The Kier molecular flexibility index (Phi) is 4.39. The molecule has 1 aliphatic rings. The van der Waals surface area contributed by atoms with Crippen LogP contribution in [0.4, 0.5) is 14.5 Å². The Bertz CT molecular complexity index is 1040. The number of benzene rings is 2. The number of hydrogen-bond donors (Lipinski definition) is 0. The van der Waals surface area contributed by atoms with Crippen LogP contribution >= 0.6 is 11.6 Å². The van der Waals surface area contributed by atoms with Gasteiger partial charge in [-0.05, 0) is 42.8 Å². The summed E-state index contributed by atoms with van der Waals surface area (Å²) in [5.74, 6) is -1.04. The molecule has 4 rings (SSSR count). The van der Waals surface area contributed by atoms with E-state index in [0.29, 0.717) is 5.56 Å². The van der Waals surface area contributed by atoms with Crippen molar-refractivity contribution >= 4 is 23.2 Å². The van der Waals surface area contributed by atoms with Crippen molar-refractivity contribution in [3.05, 3.63) is 64.5 Å². The van der Waals surface area contributed by atoms with Crippen molar-refractivity contribution < 1.29 is 18.1 Å². The number of rotatable bonds is 3. The highest BCUT2D eigenvalue weighted by atomic mass is 35.5. The Morgan fingerprint density at radius 2 is 1.96 bits per heavy atom. The summed E-state index contributed by atoms with van der Waals surface area (Å²) >= 11 is 5.78. The number of aryl methyl sites for hydroxylation is 1. The molecule has 0 radical (unpaired) electrons. The van der Waals surface area contributed by atoms with Gasteiger partial charge in [0.15, 0.2) is 0 Å². The number of aromatic nitrogens is 2. The molecule has 2 aromatic carbocycles. The maximum absolute atomic E-state index is 14.1. The SMILES string of the molecule is Cc1ccc(F)c(N2CC(c3nc(-c4ccc(F)c(Cl)c4)no3)CC2=O)c1. The Balaban J connectivity index is 1.58. The number of carbonyl (C=O) groups is 1. The molecule has 1 fully saturated rings. The number of carbonyl (C=O) groups excluding carboxylic acids is 1. The van der Waals surface area contributed by atoms with Crippen molar-refractivity contribution in [2.24, 2.45) is 0 Å². The smallest absolute Gasteiger partial charge is 0.232 e. The van der Waals surface area contributed by atoms with E-state index in [1.54, 1.807) is 12.1 Å². The molecule has 0 aliphatic carbocycles. The lowest BCUT2D eigenvalue weighted by molar-refractivity contribution is -0.117.